The number of ether oxygens (including phenoxy) is 1. The predicted octanol–water partition coefficient (Wildman–Crippen LogP) is 1.13. The Morgan fingerprint density at radius 3 is 2.86 bits per heavy atom. The van der Waals surface area contributed by atoms with Gasteiger partial charge in [-0.3, -0.25) is 4.79 Å². The van der Waals surface area contributed by atoms with Crippen molar-refractivity contribution in [3.05, 3.63) is 35.6 Å². The zero-order valence-corrected chi connectivity index (χ0v) is 12.7. The number of aliphatic hydroxyl groups excluding tert-OH is 1. The van der Waals surface area contributed by atoms with E-state index in [0.29, 0.717) is 31.6 Å². The maximum atomic E-state index is 12.9. The number of morpholine rings is 1. The van der Waals surface area contributed by atoms with Crippen LogP contribution in [0.4, 0.5) is 4.39 Å². The van der Waals surface area contributed by atoms with E-state index >= 15 is 0 Å². The highest BCUT2D eigenvalue weighted by Gasteiger charge is 2.19. The van der Waals surface area contributed by atoms with Crippen LogP contribution in [0.25, 0.3) is 0 Å². The third-order valence-electron chi connectivity index (χ3n) is 3.66. The molecular weight excluding hydrogens is 287 g/mol. The maximum absolute atomic E-state index is 12.9. The summed E-state index contributed by atoms with van der Waals surface area (Å²) in [6.07, 6.45) is -0.142. The SMILES string of the molecule is CC(CC(O)c1ccc(F)cc1)NC(=O)CC1CNCCO1. The summed E-state index contributed by atoms with van der Waals surface area (Å²) in [5.74, 6) is -0.425. The standard InChI is InChI=1S/C16H23FN2O3/c1-11(8-15(20)12-2-4-13(17)5-3-12)19-16(21)9-14-10-18-6-7-22-14/h2-5,11,14-15,18,20H,6-10H2,1H3,(H,19,21). The number of rotatable bonds is 6. The summed E-state index contributed by atoms with van der Waals surface area (Å²) in [5.41, 5.74) is 0.641. The van der Waals surface area contributed by atoms with Gasteiger partial charge in [-0.15, -0.1) is 0 Å². The van der Waals surface area contributed by atoms with Crippen LogP contribution in [0.15, 0.2) is 24.3 Å². The Hall–Kier alpha value is -1.50. The first kappa shape index (κ1) is 16.9. The van der Waals surface area contributed by atoms with Crippen LogP contribution in [-0.2, 0) is 9.53 Å². The molecule has 1 amide bonds. The van der Waals surface area contributed by atoms with E-state index in [4.69, 9.17) is 4.74 Å². The summed E-state index contributed by atoms with van der Waals surface area (Å²) in [6.45, 7) is 3.96. The average molecular weight is 310 g/mol. The van der Waals surface area contributed by atoms with E-state index in [1.165, 1.54) is 12.1 Å². The highest BCUT2D eigenvalue weighted by molar-refractivity contribution is 5.76. The van der Waals surface area contributed by atoms with Crippen LogP contribution < -0.4 is 10.6 Å². The number of aliphatic hydroxyl groups is 1. The van der Waals surface area contributed by atoms with E-state index in [9.17, 15) is 14.3 Å². The van der Waals surface area contributed by atoms with Gasteiger partial charge in [-0.2, -0.15) is 0 Å². The number of halogens is 1. The summed E-state index contributed by atoms with van der Waals surface area (Å²) in [5, 5.41) is 16.1. The molecule has 6 heteroatoms. The second-order valence-corrected chi connectivity index (χ2v) is 5.67. The Morgan fingerprint density at radius 2 is 2.23 bits per heavy atom. The van der Waals surface area contributed by atoms with E-state index < -0.39 is 6.10 Å². The number of carbonyl (C=O) groups is 1. The maximum Gasteiger partial charge on any atom is 0.222 e. The summed E-state index contributed by atoms with van der Waals surface area (Å²) < 4.78 is 18.3. The molecule has 1 aromatic rings. The van der Waals surface area contributed by atoms with Gasteiger partial charge in [-0.25, -0.2) is 4.39 Å². The molecule has 22 heavy (non-hydrogen) atoms. The van der Waals surface area contributed by atoms with Crippen molar-refractivity contribution in [2.75, 3.05) is 19.7 Å². The molecule has 0 radical (unpaired) electrons. The molecule has 1 aliphatic heterocycles. The van der Waals surface area contributed by atoms with Crippen molar-refractivity contribution >= 4 is 5.91 Å². The first-order valence-corrected chi connectivity index (χ1v) is 7.60. The number of benzene rings is 1. The van der Waals surface area contributed by atoms with Crippen LogP contribution in [0.3, 0.4) is 0 Å². The summed E-state index contributed by atoms with van der Waals surface area (Å²) in [6, 6.07) is 5.56. The van der Waals surface area contributed by atoms with Crippen LogP contribution >= 0.6 is 0 Å². The molecule has 0 aromatic heterocycles. The predicted molar refractivity (Wildman–Crippen MR) is 80.8 cm³/mol. The fraction of sp³-hybridized carbons (Fsp3) is 0.562. The lowest BCUT2D eigenvalue weighted by atomic mass is 10.0. The summed E-state index contributed by atoms with van der Waals surface area (Å²) in [4.78, 5) is 11.9. The lowest BCUT2D eigenvalue weighted by Gasteiger charge is -2.24. The Kier molecular flexibility index (Phi) is 6.30. The average Bonchev–Trinajstić information content (AvgIpc) is 2.48. The topological polar surface area (TPSA) is 70.6 Å². The van der Waals surface area contributed by atoms with E-state index in [0.717, 1.165) is 6.54 Å². The summed E-state index contributed by atoms with van der Waals surface area (Å²) in [7, 11) is 0. The van der Waals surface area contributed by atoms with Gasteiger partial charge in [0.1, 0.15) is 5.82 Å². The molecule has 1 heterocycles. The van der Waals surface area contributed by atoms with Crippen molar-refractivity contribution in [1.29, 1.82) is 0 Å². The van der Waals surface area contributed by atoms with Gasteiger partial charge < -0.3 is 20.5 Å². The minimum absolute atomic E-state index is 0.0903. The minimum atomic E-state index is -0.733. The normalized spacial score (nSPS) is 21.1. The Bertz CT molecular complexity index is 475. The lowest BCUT2D eigenvalue weighted by molar-refractivity contribution is -0.125. The van der Waals surface area contributed by atoms with Crippen LogP contribution in [-0.4, -0.2) is 42.9 Å². The number of carbonyl (C=O) groups excluding carboxylic acids is 1. The molecule has 122 valence electrons. The number of nitrogens with one attached hydrogen (secondary N) is 2. The van der Waals surface area contributed by atoms with Gasteiger partial charge in [-0.05, 0) is 31.0 Å². The van der Waals surface area contributed by atoms with Crippen molar-refractivity contribution in [2.24, 2.45) is 0 Å². The van der Waals surface area contributed by atoms with Gasteiger partial charge in [0.15, 0.2) is 0 Å². The van der Waals surface area contributed by atoms with E-state index in [1.807, 2.05) is 6.92 Å². The molecule has 1 aliphatic rings. The van der Waals surface area contributed by atoms with E-state index in [1.54, 1.807) is 12.1 Å². The molecule has 3 unspecified atom stereocenters. The Labute approximate surface area is 129 Å². The Balaban J connectivity index is 1.75. The second-order valence-electron chi connectivity index (χ2n) is 5.67. The molecular formula is C16H23FN2O3. The first-order chi connectivity index (χ1) is 10.5. The van der Waals surface area contributed by atoms with Crippen LogP contribution in [0.2, 0.25) is 0 Å². The van der Waals surface area contributed by atoms with Crippen molar-refractivity contribution in [3.8, 4) is 0 Å². The highest BCUT2D eigenvalue weighted by Crippen LogP contribution is 2.18. The van der Waals surface area contributed by atoms with Gasteiger partial charge in [0, 0.05) is 19.1 Å². The second kappa shape index (κ2) is 8.22. The largest absolute Gasteiger partial charge is 0.388 e. The van der Waals surface area contributed by atoms with E-state index in [2.05, 4.69) is 10.6 Å². The molecule has 3 atom stereocenters. The fourth-order valence-corrected chi connectivity index (χ4v) is 2.51. The van der Waals surface area contributed by atoms with Gasteiger partial charge >= 0.3 is 0 Å². The van der Waals surface area contributed by atoms with Gasteiger partial charge in [-0.1, -0.05) is 12.1 Å². The fourth-order valence-electron chi connectivity index (χ4n) is 2.51. The molecule has 0 spiro atoms. The number of amides is 1. The zero-order valence-electron chi connectivity index (χ0n) is 12.7. The van der Waals surface area contributed by atoms with Crippen molar-refractivity contribution in [3.63, 3.8) is 0 Å². The van der Waals surface area contributed by atoms with Crippen molar-refractivity contribution in [2.45, 2.75) is 38.0 Å². The molecule has 0 bridgehead atoms. The van der Waals surface area contributed by atoms with Crippen LogP contribution in [0, 0.1) is 5.82 Å². The molecule has 2 rings (SSSR count). The minimum Gasteiger partial charge on any atom is -0.388 e. The van der Waals surface area contributed by atoms with Gasteiger partial charge in [0.25, 0.3) is 0 Å². The molecule has 1 fully saturated rings. The molecule has 0 saturated carbocycles. The molecule has 5 nitrogen and oxygen atoms in total. The zero-order chi connectivity index (χ0) is 15.9. The van der Waals surface area contributed by atoms with E-state index in [-0.39, 0.29) is 23.9 Å². The Morgan fingerprint density at radius 1 is 1.50 bits per heavy atom. The number of hydrogen-bond acceptors (Lipinski definition) is 4. The summed E-state index contributed by atoms with van der Waals surface area (Å²) >= 11 is 0. The molecule has 3 N–H and O–H groups in total. The lowest BCUT2D eigenvalue weighted by Crippen LogP contribution is -2.43. The highest BCUT2D eigenvalue weighted by atomic mass is 19.1. The van der Waals surface area contributed by atoms with Gasteiger partial charge in [0.2, 0.25) is 5.91 Å². The smallest absolute Gasteiger partial charge is 0.222 e. The molecule has 1 aromatic carbocycles. The first-order valence-electron chi connectivity index (χ1n) is 7.60. The third-order valence-corrected chi connectivity index (χ3v) is 3.66. The van der Waals surface area contributed by atoms with Crippen LogP contribution in [0.1, 0.15) is 31.4 Å². The van der Waals surface area contributed by atoms with Crippen molar-refractivity contribution < 1.29 is 19.0 Å². The number of hydrogen-bond donors (Lipinski definition) is 3. The quantitative estimate of drug-likeness (QED) is 0.737. The third kappa shape index (κ3) is 5.36. The van der Waals surface area contributed by atoms with Crippen molar-refractivity contribution in [1.82, 2.24) is 10.6 Å². The molecule has 0 aliphatic carbocycles. The van der Waals surface area contributed by atoms with Gasteiger partial charge in [0.05, 0.1) is 25.2 Å². The molecule has 1 saturated heterocycles. The monoisotopic (exact) mass is 310 g/mol. The van der Waals surface area contributed by atoms with Crippen LogP contribution in [0.5, 0.6) is 0 Å².